The molecule has 2 aromatic carbocycles. The first-order valence-corrected chi connectivity index (χ1v) is 9.48. The van der Waals surface area contributed by atoms with Gasteiger partial charge < -0.3 is 5.32 Å². The van der Waals surface area contributed by atoms with Gasteiger partial charge in [0, 0.05) is 18.1 Å². The molecule has 0 saturated heterocycles. The van der Waals surface area contributed by atoms with Crippen molar-refractivity contribution in [2.75, 3.05) is 5.32 Å². The predicted molar refractivity (Wildman–Crippen MR) is 113 cm³/mol. The fraction of sp³-hybridized carbons (Fsp3) is 0.136. The lowest BCUT2D eigenvalue weighted by atomic mass is 10.2. The second-order valence-electron chi connectivity index (χ2n) is 6.98. The highest BCUT2D eigenvalue weighted by Gasteiger charge is 2.18. The van der Waals surface area contributed by atoms with E-state index in [1.165, 1.54) is 30.6 Å². The highest BCUT2D eigenvalue weighted by Crippen LogP contribution is 2.16. The zero-order valence-electron chi connectivity index (χ0n) is 16.6. The van der Waals surface area contributed by atoms with Gasteiger partial charge in [0.15, 0.2) is 11.2 Å². The van der Waals surface area contributed by atoms with Crippen molar-refractivity contribution in [2.45, 2.75) is 20.0 Å². The van der Waals surface area contributed by atoms with Crippen LogP contribution in [0, 0.1) is 12.7 Å². The summed E-state index contributed by atoms with van der Waals surface area (Å²) >= 11 is 0. The number of aryl methyl sites for hydroxylation is 1. The quantitative estimate of drug-likeness (QED) is 0.534. The molecule has 0 unspecified atom stereocenters. The van der Waals surface area contributed by atoms with Crippen LogP contribution in [0.1, 0.15) is 11.1 Å². The second kappa shape index (κ2) is 8.31. The normalized spacial score (nSPS) is 10.9. The van der Waals surface area contributed by atoms with Gasteiger partial charge in [0.25, 0.3) is 5.56 Å². The zero-order valence-corrected chi connectivity index (χ0v) is 16.6. The zero-order chi connectivity index (χ0) is 22.0. The molecule has 2 heterocycles. The molecule has 9 heteroatoms. The van der Waals surface area contributed by atoms with Gasteiger partial charge in [-0.15, -0.1) is 0 Å². The van der Waals surface area contributed by atoms with Crippen molar-refractivity contribution >= 4 is 22.8 Å². The van der Waals surface area contributed by atoms with Crippen LogP contribution in [-0.4, -0.2) is 25.0 Å². The summed E-state index contributed by atoms with van der Waals surface area (Å²) in [6, 6.07) is 13.0. The lowest BCUT2D eigenvalue weighted by Gasteiger charge is -2.14. The van der Waals surface area contributed by atoms with Gasteiger partial charge in [-0.2, -0.15) is 0 Å². The van der Waals surface area contributed by atoms with Gasteiger partial charge in [-0.3, -0.25) is 18.7 Å². The van der Waals surface area contributed by atoms with Gasteiger partial charge >= 0.3 is 5.69 Å². The number of carbonyl (C=O) groups excluding carboxylic acids is 1. The highest BCUT2D eigenvalue weighted by molar-refractivity contribution is 5.91. The summed E-state index contributed by atoms with van der Waals surface area (Å²) in [5.41, 5.74) is 0.423. The lowest BCUT2D eigenvalue weighted by molar-refractivity contribution is -0.116. The van der Waals surface area contributed by atoms with Gasteiger partial charge in [0.1, 0.15) is 12.4 Å². The third-order valence-corrected chi connectivity index (χ3v) is 4.80. The average Bonchev–Trinajstić information content (AvgIpc) is 2.77. The van der Waals surface area contributed by atoms with Crippen LogP contribution < -0.4 is 16.6 Å². The number of amides is 1. The summed E-state index contributed by atoms with van der Waals surface area (Å²) in [6.45, 7) is 1.33. The Morgan fingerprint density at radius 1 is 1.03 bits per heavy atom. The highest BCUT2D eigenvalue weighted by atomic mass is 19.1. The summed E-state index contributed by atoms with van der Waals surface area (Å²) in [7, 11) is 0. The van der Waals surface area contributed by atoms with Crippen LogP contribution in [0.5, 0.6) is 0 Å². The van der Waals surface area contributed by atoms with Crippen LogP contribution in [0.25, 0.3) is 11.2 Å². The van der Waals surface area contributed by atoms with Crippen LogP contribution in [0.15, 0.2) is 70.5 Å². The number of rotatable bonds is 5. The van der Waals surface area contributed by atoms with E-state index in [0.29, 0.717) is 11.3 Å². The SMILES string of the molecule is Cc1ccc(F)cc1NC(=O)Cn1c(=O)n(Cc2ccccc2)c(=O)c2nccnc21. The number of hydrogen-bond donors (Lipinski definition) is 1. The Balaban J connectivity index is 1.76. The topological polar surface area (TPSA) is 98.9 Å². The van der Waals surface area contributed by atoms with Crippen molar-refractivity contribution in [3.63, 3.8) is 0 Å². The molecule has 8 nitrogen and oxygen atoms in total. The van der Waals surface area contributed by atoms with Crippen molar-refractivity contribution in [3.8, 4) is 0 Å². The fourth-order valence-corrected chi connectivity index (χ4v) is 3.24. The predicted octanol–water partition coefficient (Wildman–Crippen LogP) is 2.09. The van der Waals surface area contributed by atoms with Crippen molar-refractivity contribution in [3.05, 3.63) is 98.7 Å². The van der Waals surface area contributed by atoms with E-state index < -0.39 is 29.5 Å². The minimum atomic E-state index is -0.687. The number of nitrogens with one attached hydrogen (secondary N) is 1. The molecule has 156 valence electrons. The minimum Gasteiger partial charge on any atom is -0.324 e. The second-order valence-corrected chi connectivity index (χ2v) is 6.98. The number of fused-ring (bicyclic) bond motifs is 1. The number of hydrogen-bond acceptors (Lipinski definition) is 5. The van der Waals surface area contributed by atoms with E-state index >= 15 is 0 Å². The number of benzene rings is 2. The Bertz CT molecular complexity index is 1400. The van der Waals surface area contributed by atoms with E-state index in [9.17, 15) is 18.8 Å². The van der Waals surface area contributed by atoms with E-state index in [4.69, 9.17) is 0 Å². The first kappa shape index (κ1) is 20.1. The maximum Gasteiger partial charge on any atom is 0.333 e. The molecule has 2 aromatic heterocycles. The van der Waals surface area contributed by atoms with E-state index in [1.807, 2.05) is 6.07 Å². The molecule has 0 radical (unpaired) electrons. The summed E-state index contributed by atoms with van der Waals surface area (Å²) in [4.78, 5) is 46.8. The molecule has 0 aliphatic rings. The van der Waals surface area contributed by atoms with Crippen LogP contribution in [0.4, 0.5) is 10.1 Å². The third-order valence-electron chi connectivity index (χ3n) is 4.80. The molecule has 0 bridgehead atoms. The maximum atomic E-state index is 13.5. The lowest BCUT2D eigenvalue weighted by Crippen LogP contribution is -2.42. The Labute approximate surface area is 175 Å². The molecule has 31 heavy (non-hydrogen) atoms. The largest absolute Gasteiger partial charge is 0.333 e. The molecule has 0 aliphatic heterocycles. The molecular formula is C22H18FN5O3. The summed E-state index contributed by atoms with van der Waals surface area (Å²) in [5.74, 6) is -1.06. The molecule has 4 aromatic rings. The monoisotopic (exact) mass is 419 g/mol. The number of aromatic nitrogens is 4. The molecule has 1 N–H and O–H groups in total. The third kappa shape index (κ3) is 4.11. The van der Waals surface area contributed by atoms with Gasteiger partial charge in [0.2, 0.25) is 5.91 Å². The number of carbonyl (C=O) groups is 1. The Hall–Kier alpha value is -4.14. The van der Waals surface area contributed by atoms with Gasteiger partial charge in [0.05, 0.1) is 6.54 Å². The smallest absolute Gasteiger partial charge is 0.324 e. The molecule has 1 amide bonds. The summed E-state index contributed by atoms with van der Waals surface area (Å²) in [6.07, 6.45) is 2.69. The molecule has 0 aliphatic carbocycles. The van der Waals surface area contributed by atoms with Crippen LogP contribution in [-0.2, 0) is 17.9 Å². The van der Waals surface area contributed by atoms with Crippen LogP contribution in [0.2, 0.25) is 0 Å². The first-order chi connectivity index (χ1) is 14.9. The summed E-state index contributed by atoms with van der Waals surface area (Å²) < 4.78 is 15.7. The van der Waals surface area contributed by atoms with Gasteiger partial charge in [-0.1, -0.05) is 36.4 Å². The Kier molecular flexibility index (Phi) is 5.40. The number of nitrogens with zero attached hydrogens (tertiary/aromatic N) is 4. The molecule has 0 atom stereocenters. The maximum absolute atomic E-state index is 13.5. The molecule has 4 rings (SSSR count). The van der Waals surface area contributed by atoms with Crippen LogP contribution >= 0.6 is 0 Å². The van der Waals surface area contributed by atoms with Crippen molar-refractivity contribution in [1.29, 1.82) is 0 Å². The Morgan fingerprint density at radius 3 is 2.55 bits per heavy atom. The van der Waals surface area contributed by atoms with Crippen molar-refractivity contribution < 1.29 is 9.18 Å². The molecule has 0 fully saturated rings. The summed E-state index contributed by atoms with van der Waals surface area (Å²) in [5, 5.41) is 2.60. The molecule has 0 saturated carbocycles. The standard InChI is InChI=1S/C22H18FN5O3/c1-14-7-8-16(23)11-17(14)26-18(29)13-27-20-19(24-9-10-25-20)21(30)28(22(27)31)12-15-5-3-2-4-6-15/h2-11H,12-13H2,1H3,(H,26,29). The Morgan fingerprint density at radius 2 is 1.77 bits per heavy atom. The molecular weight excluding hydrogens is 401 g/mol. The fourth-order valence-electron chi connectivity index (χ4n) is 3.24. The first-order valence-electron chi connectivity index (χ1n) is 9.48. The van der Waals surface area contributed by atoms with E-state index in [-0.39, 0.29) is 17.7 Å². The van der Waals surface area contributed by atoms with Gasteiger partial charge in [-0.05, 0) is 30.2 Å². The van der Waals surface area contributed by atoms with E-state index in [0.717, 1.165) is 14.7 Å². The minimum absolute atomic E-state index is 0.00734. The van der Waals surface area contributed by atoms with E-state index in [2.05, 4.69) is 15.3 Å². The van der Waals surface area contributed by atoms with Gasteiger partial charge in [-0.25, -0.2) is 19.2 Å². The number of anilines is 1. The average molecular weight is 419 g/mol. The van der Waals surface area contributed by atoms with E-state index in [1.54, 1.807) is 31.2 Å². The van der Waals surface area contributed by atoms with Crippen molar-refractivity contribution in [1.82, 2.24) is 19.1 Å². The van der Waals surface area contributed by atoms with Crippen LogP contribution in [0.3, 0.4) is 0 Å². The number of halogens is 1. The van der Waals surface area contributed by atoms with Crippen molar-refractivity contribution in [2.24, 2.45) is 0 Å². The molecule has 0 spiro atoms.